The number of aromatic amines is 1. The van der Waals surface area contributed by atoms with E-state index in [4.69, 9.17) is 0 Å². The first-order valence-electron chi connectivity index (χ1n) is 8.60. The fourth-order valence-electron chi connectivity index (χ4n) is 3.49. The van der Waals surface area contributed by atoms with Crippen molar-refractivity contribution < 1.29 is 9.18 Å². The molecule has 2 N–H and O–H groups in total. The lowest BCUT2D eigenvalue weighted by Crippen LogP contribution is -2.22. The Bertz CT molecular complexity index is 912. The van der Waals surface area contributed by atoms with Gasteiger partial charge < -0.3 is 15.2 Å². The molecule has 2 aromatic carbocycles. The molecular formula is C20H20FN3O. The number of nitrogens with one attached hydrogen (secondary N) is 2. The molecule has 0 unspecified atom stereocenters. The Morgan fingerprint density at radius 3 is 2.76 bits per heavy atom. The molecular weight excluding hydrogens is 317 g/mol. The lowest BCUT2D eigenvalue weighted by molar-refractivity contribution is -0.115. The van der Waals surface area contributed by atoms with Gasteiger partial charge in [0.25, 0.3) is 0 Å². The predicted octanol–water partition coefficient (Wildman–Crippen LogP) is 4.09. The maximum absolute atomic E-state index is 14.3. The van der Waals surface area contributed by atoms with Crippen LogP contribution in [0, 0.1) is 5.82 Å². The van der Waals surface area contributed by atoms with Crippen LogP contribution in [0.1, 0.15) is 18.4 Å². The number of halogens is 1. The summed E-state index contributed by atoms with van der Waals surface area (Å²) in [6.07, 6.45) is 4.24. The molecule has 1 amide bonds. The quantitative estimate of drug-likeness (QED) is 0.753. The Hall–Kier alpha value is -2.82. The number of aromatic nitrogens is 1. The summed E-state index contributed by atoms with van der Waals surface area (Å²) in [4.78, 5) is 17.8. The van der Waals surface area contributed by atoms with Crippen molar-refractivity contribution in [2.45, 2.75) is 19.3 Å². The maximum Gasteiger partial charge on any atom is 0.229 e. The van der Waals surface area contributed by atoms with Gasteiger partial charge >= 0.3 is 0 Å². The number of nitrogens with zero attached hydrogens (tertiary/aromatic N) is 1. The summed E-state index contributed by atoms with van der Waals surface area (Å²) < 4.78 is 14.3. The summed E-state index contributed by atoms with van der Waals surface area (Å²) in [5.74, 6) is -0.605. The van der Waals surface area contributed by atoms with Crippen LogP contribution in [-0.4, -0.2) is 24.0 Å². The number of carbonyl (C=O) groups is 1. The average molecular weight is 337 g/mol. The van der Waals surface area contributed by atoms with E-state index in [0.717, 1.165) is 48.1 Å². The maximum atomic E-state index is 14.3. The van der Waals surface area contributed by atoms with E-state index in [-0.39, 0.29) is 18.0 Å². The van der Waals surface area contributed by atoms with Crippen LogP contribution in [0.3, 0.4) is 0 Å². The van der Waals surface area contributed by atoms with Crippen molar-refractivity contribution in [1.29, 1.82) is 0 Å². The van der Waals surface area contributed by atoms with Crippen molar-refractivity contribution in [3.63, 3.8) is 0 Å². The van der Waals surface area contributed by atoms with E-state index in [9.17, 15) is 9.18 Å². The number of rotatable bonds is 4. The molecule has 1 aliphatic heterocycles. The first kappa shape index (κ1) is 15.7. The van der Waals surface area contributed by atoms with Gasteiger partial charge in [0.1, 0.15) is 11.5 Å². The van der Waals surface area contributed by atoms with Gasteiger partial charge in [-0.25, -0.2) is 4.39 Å². The summed E-state index contributed by atoms with van der Waals surface area (Å²) in [5.41, 5.74) is 2.96. The van der Waals surface area contributed by atoms with E-state index in [1.54, 1.807) is 6.07 Å². The summed E-state index contributed by atoms with van der Waals surface area (Å²) >= 11 is 0. The van der Waals surface area contributed by atoms with Crippen LogP contribution in [0.15, 0.2) is 48.7 Å². The highest BCUT2D eigenvalue weighted by Crippen LogP contribution is 2.31. The molecule has 3 aromatic rings. The highest BCUT2D eigenvalue weighted by molar-refractivity contribution is 5.98. The minimum Gasteiger partial charge on any atom is -0.370 e. The van der Waals surface area contributed by atoms with E-state index < -0.39 is 5.82 Å². The zero-order chi connectivity index (χ0) is 17.2. The molecule has 0 radical (unpaired) electrons. The summed E-state index contributed by atoms with van der Waals surface area (Å²) in [5, 5.41) is 3.81. The van der Waals surface area contributed by atoms with Crippen molar-refractivity contribution >= 4 is 28.2 Å². The second-order valence-electron chi connectivity index (χ2n) is 6.41. The lowest BCUT2D eigenvalue weighted by atomic mass is 10.1. The molecule has 1 fully saturated rings. The van der Waals surface area contributed by atoms with Crippen molar-refractivity contribution in [3.05, 3.63) is 60.0 Å². The van der Waals surface area contributed by atoms with Crippen LogP contribution >= 0.6 is 0 Å². The van der Waals surface area contributed by atoms with Crippen molar-refractivity contribution in [3.8, 4) is 0 Å². The SMILES string of the molecule is O=C(Cc1c[nH]c2ccccc12)Nc1c(F)cccc1N1CCCC1. The fraction of sp³-hybridized carbons (Fsp3) is 0.250. The molecule has 0 bridgehead atoms. The minimum atomic E-state index is -0.392. The van der Waals surface area contributed by atoms with Gasteiger partial charge in [-0.1, -0.05) is 24.3 Å². The van der Waals surface area contributed by atoms with Gasteiger partial charge in [-0.15, -0.1) is 0 Å². The van der Waals surface area contributed by atoms with E-state index in [0.29, 0.717) is 0 Å². The number of para-hydroxylation sites is 2. The third kappa shape index (κ3) is 3.09. The third-order valence-electron chi connectivity index (χ3n) is 4.73. The number of anilines is 2. The smallest absolute Gasteiger partial charge is 0.229 e. The van der Waals surface area contributed by atoms with Crippen LogP contribution in [-0.2, 0) is 11.2 Å². The average Bonchev–Trinajstić information content (AvgIpc) is 3.27. The Balaban J connectivity index is 1.56. The van der Waals surface area contributed by atoms with Crippen LogP contribution in [0.25, 0.3) is 10.9 Å². The normalized spacial score (nSPS) is 14.2. The molecule has 2 heterocycles. The first-order chi connectivity index (χ1) is 12.2. The van der Waals surface area contributed by atoms with Gasteiger partial charge in [-0.2, -0.15) is 0 Å². The molecule has 1 aliphatic rings. The third-order valence-corrected chi connectivity index (χ3v) is 4.73. The largest absolute Gasteiger partial charge is 0.370 e. The first-order valence-corrected chi connectivity index (χ1v) is 8.60. The molecule has 1 aromatic heterocycles. The van der Waals surface area contributed by atoms with Gasteiger partial charge in [0.05, 0.1) is 12.1 Å². The minimum absolute atomic E-state index is 0.206. The van der Waals surface area contributed by atoms with E-state index in [2.05, 4.69) is 15.2 Å². The van der Waals surface area contributed by atoms with Gasteiger partial charge in [0, 0.05) is 30.2 Å². The van der Waals surface area contributed by atoms with Gasteiger partial charge in [-0.3, -0.25) is 4.79 Å². The lowest BCUT2D eigenvalue weighted by Gasteiger charge is -2.22. The van der Waals surface area contributed by atoms with Gasteiger partial charge in [0.2, 0.25) is 5.91 Å². The molecule has 128 valence electrons. The number of fused-ring (bicyclic) bond motifs is 1. The molecule has 0 atom stereocenters. The number of carbonyl (C=O) groups excluding carboxylic acids is 1. The van der Waals surface area contributed by atoms with Crippen LogP contribution in [0.5, 0.6) is 0 Å². The highest BCUT2D eigenvalue weighted by atomic mass is 19.1. The Morgan fingerprint density at radius 2 is 1.92 bits per heavy atom. The molecule has 5 heteroatoms. The number of hydrogen-bond acceptors (Lipinski definition) is 2. The van der Waals surface area contributed by atoms with Crippen LogP contribution in [0.2, 0.25) is 0 Å². The summed E-state index contributed by atoms with van der Waals surface area (Å²) in [7, 11) is 0. The number of amides is 1. The predicted molar refractivity (Wildman–Crippen MR) is 98.5 cm³/mol. The molecule has 25 heavy (non-hydrogen) atoms. The molecule has 0 saturated carbocycles. The Morgan fingerprint density at radius 1 is 1.12 bits per heavy atom. The Labute approximate surface area is 145 Å². The monoisotopic (exact) mass is 337 g/mol. The van der Waals surface area contributed by atoms with Crippen molar-refractivity contribution in [1.82, 2.24) is 4.98 Å². The van der Waals surface area contributed by atoms with Crippen molar-refractivity contribution in [2.75, 3.05) is 23.3 Å². The standard InChI is InChI=1S/C20H20FN3O/c21-16-7-5-9-18(24-10-3-4-11-24)20(16)23-19(25)12-14-13-22-17-8-2-1-6-15(14)17/h1-2,5-9,13,22H,3-4,10-12H2,(H,23,25). The van der Waals surface area contributed by atoms with Crippen molar-refractivity contribution in [2.24, 2.45) is 0 Å². The highest BCUT2D eigenvalue weighted by Gasteiger charge is 2.20. The summed E-state index contributed by atoms with van der Waals surface area (Å²) in [6.45, 7) is 1.80. The topological polar surface area (TPSA) is 48.1 Å². The molecule has 4 nitrogen and oxygen atoms in total. The molecule has 4 rings (SSSR count). The van der Waals surface area contributed by atoms with E-state index in [1.807, 2.05) is 36.5 Å². The van der Waals surface area contributed by atoms with Gasteiger partial charge in [0.15, 0.2) is 0 Å². The Kier molecular flexibility index (Phi) is 4.14. The van der Waals surface area contributed by atoms with Crippen LogP contribution < -0.4 is 10.2 Å². The van der Waals surface area contributed by atoms with Crippen LogP contribution in [0.4, 0.5) is 15.8 Å². The second kappa shape index (κ2) is 6.59. The number of H-pyrrole nitrogens is 1. The van der Waals surface area contributed by atoms with Gasteiger partial charge in [-0.05, 0) is 36.6 Å². The zero-order valence-electron chi connectivity index (χ0n) is 13.9. The fourth-order valence-corrected chi connectivity index (χ4v) is 3.49. The molecule has 1 saturated heterocycles. The molecule has 0 spiro atoms. The van der Waals surface area contributed by atoms with E-state index in [1.165, 1.54) is 6.07 Å². The molecule has 0 aliphatic carbocycles. The second-order valence-corrected chi connectivity index (χ2v) is 6.41. The number of hydrogen-bond donors (Lipinski definition) is 2. The van der Waals surface area contributed by atoms with E-state index >= 15 is 0 Å². The number of benzene rings is 2. The summed E-state index contributed by atoms with van der Waals surface area (Å²) in [6, 6.07) is 12.8. The zero-order valence-corrected chi connectivity index (χ0v) is 13.9.